The van der Waals surface area contributed by atoms with E-state index >= 15 is 0 Å². The number of carbonyl (C=O) groups is 1. The van der Waals surface area contributed by atoms with Gasteiger partial charge in [0.05, 0.1) is 12.7 Å². The maximum atomic E-state index is 14.4. The van der Waals surface area contributed by atoms with E-state index in [1.165, 1.54) is 10.7 Å². The molecule has 2 aromatic heterocycles. The van der Waals surface area contributed by atoms with Gasteiger partial charge in [-0.3, -0.25) is 9.59 Å². The van der Waals surface area contributed by atoms with E-state index in [2.05, 4.69) is 10.00 Å². The molecule has 0 unspecified atom stereocenters. The number of likely N-dealkylation sites (N-methyl/N-ethyl adjacent to an activating group) is 1. The summed E-state index contributed by atoms with van der Waals surface area (Å²) in [7, 11) is 2.02. The molecule has 164 valence electrons. The first-order valence-electron chi connectivity index (χ1n) is 10.7. The van der Waals surface area contributed by atoms with Crippen molar-refractivity contribution in [1.29, 1.82) is 0 Å². The quantitative estimate of drug-likeness (QED) is 0.496. The molecule has 0 radical (unpaired) electrons. The molecule has 7 nitrogen and oxygen atoms in total. The van der Waals surface area contributed by atoms with Gasteiger partial charge < -0.3 is 14.4 Å². The van der Waals surface area contributed by atoms with Gasteiger partial charge in [-0.15, -0.1) is 0 Å². The van der Waals surface area contributed by atoms with Crippen LogP contribution in [0, 0.1) is 5.82 Å². The van der Waals surface area contributed by atoms with Crippen LogP contribution in [0.4, 0.5) is 4.39 Å². The van der Waals surface area contributed by atoms with E-state index in [0.29, 0.717) is 29.6 Å². The van der Waals surface area contributed by atoms with Crippen molar-refractivity contribution in [2.75, 3.05) is 33.2 Å². The molecule has 0 bridgehead atoms. The Morgan fingerprint density at radius 3 is 2.50 bits per heavy atom. The number of hydrogen-bond acceptors (Lipinski definition) is 4. The van der Waals surface area contributed by atoms with Crippen molar-refractivity contribution in [1.82, 2.24) is 24.1 Å². The van der Waals surface area contributed by atoms with Gasteiger partial charge in [-0.25, -0.2) is 9.07 Å². The first kappa shape index (κ1) is 20.4. The lowest BCUT2D eigenvalue weighted by Gasteiger charge is -2.32. The van der Waals surface area contributed by atoms with Crippen molar-refractivity contribution < 1.29 is 9.18 Å². The Morgan fingerprint density at radius 1 is 1.00 bits per heavy atom. The number of aromatic nitrogens is 3. The molecule has 3 heterocycles. The number of para-hydroxylation sites is 1. The number of carbonyl (C=O) groups excluding carboxylic acids is 1. The number of rotatable bonds is 4. The largest absolute Gasteiger partial charge is 0.339 e. The third-order valence-electron chi connectivity index (χ3n) is 6.20. The van der Waals surface area contributed by atoms with Crippen molar-refractivity contribution in [2.45, 2.75) is 13.1 Å². The van der Waals surface area contributed by atoms with E-state index in [4.69, 9.17) is 0 Å². The molecule has 1 aliphatic heterocycles. The molecular weight excluding hydrogens is 409 g/mol. The topological polar surface area (TPSA) is 63.4 Å². The molecule has 0 aliphatic carbocycles. The molecule has 0 spiro atoms. The summed E-state index contributed by atoms with van der Waals surface area (Å²) in [5.41, 5.74) is 1.40. The summed E-state index contributed by atoms with van der Waals surface area (Å²) in [4.78, 5) is 30.2. The van der Waals surface area contributed by atoms with Crippen LogP contribution in [0.15, 0.2) is 59.5 Å². The van der Waals surface area contributed by atoms with Crippen molar-refractivity contribution >= 4 is 27.7 Å². The van der Waals surface area contributed by atoms with Crippen molar-refractivity contribution in [3.8, 4) is 0 Å². The van der Waals surface area contributed by atoms with Crippen LogP contribution in [0.25, 0.3) is 21.8 Å². The Bertz CT molecular complexity index is 1370. The first-order chi connectivity index (χ1) is 15.5. The standard InChI is InChI=1S/C24H24FN5O2/c1-27-10-12-28(13-11-27)22(31)16-30-24(32)23-19(14-26-30)18-7-3-5-9-21(18)29(23)15-17-6-2-4-8-20(17)25/h2-9,14H,10-13,15-16H2,1H3. The van der Waals surface area contributed by atoms with Crippen molar-refractivity contribution in [3.05, 3.63) is 76.5 Å². The van der Waals surface area contributed by atoms with Gasteiger partial charge in [0.1, 0.15) is 17.9 Å². The van der Waals surface area contributed by atoms with Crippen LogP contribution in [-0.4, -0.2) is 63.3 Å². The Morgan fingerprint density at radius 2 is 1.72 bits per heavy atom. The molecule has 1 fully saturated rings. The number of piperazine rings is 1. The zero-order chi connectivity index (χ0) is 22.2. The van der Waals surface area contributed by atoms with E-state index in [1.807, 2.05) is 35.9 Å². The van der Waals surface area contributed by atoms with Gasteiger partial charge >= 0.3 is 0 Å². The van der Waals surface area contributed by atoms with Crippen LogP contribution >= 0.6 is 0 Å². The summed E-state index contributed by atoms with van der Waals surface area (Å²) in [5.74, 6) is -0.443. The molecule has 5 rings (SSSR count). The molecule has 0 atom stereocenters. The minimum absolute atomic E-state index is 0.111. The van der Waals surface area contributed by atoms with Gasteiger partial charge in [0, 0.05) is 48.0 Å². The van der Waals surface area contributed by atoms with Crippen LogP contribution in [0.2, 0.25) is 0 Å². The van der Waals surface area contributed by atoms with E-state index in [0.717, 1.165) is 24.0 Å². The second-order valence-electron chi connectivity index (χ2n) is 8.25. The molecule has 1 aliphatic rings. The zero-order valence-electron chi connectivity index (χ0n) is 17.9. The third-order valence-corrected chi connectivity index (χ3v) is 6.20. The minimum Gasteiger partial charge on any atom is -0.339 e. The van der Waals surface area contributed by atoms with Gasteiger partial charge in [0.15, 0.2) is 0 Å². The van der Waals surface area contributed by atoms with Crippen molar-refractivity contribution in [3.63, 3.8) is 0 Å². The Hall–Kier alpha value is -3.52. The van der Waals surface area contributed by atoms with Crippen LogP contribution < -0.4 is 5.56 Å². The minimum atomic E-state index is -0.350. The van der Waals surface area contributed by atoms with E-state index in [9.17, 15) is 14.0 Å². The Labute approximate surface area is 184 Å². The van der Waals surface area contributed by atoms with Gasteiger partial charge in [-0.2, -0.15) is 5.10 Å². The number of hydrogen-bond donors (Lipinski definition) is 0. The van der Waals surface area contributed by atoms with Gasteiger partial charge in [0.25, 0.3) is 5.56 Å². The Kier molecular flexibility index (Phi) is 5.22. The fourth-order valence-electron chi connectivity index (χ4n) is 4.35. The van der Waals surface area contributed by atoms with E-state index < -0.39 is 0 Å². The highest BCUT2D eigenvalue weighted by atomic mass is 19.1. The van der Waals surface area contributed by atoms with Crippen LogP contribution in [0.1, 0.15) is 5.56 Å². The molecular formula is C24H24FN5O2. The highest BCUT2D eigenvalue weighted by Gasteiger charge is 2.22. The number of amides is 1. The second-order valence-corrected chi connectivity index (χ2v) is 8.25. The first-order valence-corrected chi connectivity index (χ1v) is 10.7. The number of halogens is 1. The second kappa shape index (κ2) is 8.20. The fraction of sp³-hybridized carbons (Fsp3) is 0.292. The van der Waals surface area contributed by atoms with Crippen LogP contribution in [-0.2, 0) is 17.9 Å². The monoisotopic (exact) mass is 433 g/mol. The normalized spacial score (nSPS) is 15.0. The molecule has 2 aromatic carbocycles. The number of nitrogens with zero attached hydrogens (tertiary/aromatic N) is 5. The van der Waals surface area contributed by atoms with Crippen LogP contribution in [0.5, 0.6) is 0 Å². The molecule has 0 saturated carbocycles. The molecule has 8 heteroatoms. The lowest BCUT2D eigenvalue weighted by atomic mass is 10.2. The predicted octanol–water partition coefficient (Wildman–Crippen LogP) is 2.31. The SMILES string of the molecule is CN1CCN(C(=O)Cn2ncc3c4ccccc4n(Cc4ccccc4F)c3c2=O)CC1. The summed E-state index contributed by atoms with van der Waals surface area (Å²) in [5, 5.41) is 5.88. The maximum Gasteiger partial charge on any atom is 0.291 e. The maximum absolute atomic E-state index is 14.4. The summed E-state index contributed by atoms with van der Waals surface area (Å²) in [6.45, 7) is 3.00. The van der Waals surface area contributed by atoms with Gasteiger partial charge in [0.2, 0.25) is 5.91 Å². The van der Waals surface area contributed by atoms with Gasteiger partial charge in [-0.05, 0) is 19.2 Å². The lowest BCUT2D eigenvalue weighted by molar-refractivity contribution is -0.133. The lowest BCUT2D eigenvalue weighted by Crippen LogP contribution is -2.48. The summed E-state index contributed by atoms with van der Waals surface area (Å²) >= 11 is 0. The predicted molar refractivity (Wildman–Crippen MR) is 121 cm³/mol. The smallest absolute Gasteiger partial charge is 0.291 e. The average molecular weight is 433 g/mol. The third kappa shape index (κ3) is 3.56. The number of benzene rings is 2. The molecule has 32 heavy (non-hydrogen) atoms. The molecule has 1 amide bonds. The molecule has 0 N–H and O–H groups in total. The van der Waals surface area contributed by atoms with E-state index in [-0.39, 0.29) is 30.4 Å². The van der Waals surface area contributed by atoms with Crippen molar-refractivity contribution in [2.24, 2.45) is 0 Å². The highest BCUT2D eigenvalue weighted by Crippen LogP contribution is 2.27. The Balaban J connectivity index is 1.58. The average Bonchev–Trinajstić information content (AvgIpc) is 3.12. The fourth-order valence-corrected chi connectivity index (χ4v) is 4.35. The summed E-state index contributed by atoms with van der Waals surface area (Å²) in [6, 6.07) is 14.2. The summed E-state index contributed by atoms with van der Waals surface area (Å²) < 4.78 is 17.4. The molecule has 4 aromatic rings. The van der Waals surface area contributed by atoms with Gasteiger partial charge in [-0.1, -0.05) is 36.4 Å². The molecule has 1 saturated heterocycles. The summed E-state index contributed by atoms with van der Waals surface area (Å²) in [6.07, 6.45) is 1.63. The zero-order valence-corrected chi connectivity index (χ0v) is 17.9. The highest BCUT2D eigenvalue weighted by molar-refractivity contribution is 6.07. The number of fused-ring (bicyclic) bond motifs is 3. The van der Waals surface area contributed by atoms with E-state index in [1.54, 1.807) is 29.3 Å². The van der Waals surface area contributed by atoms with Crippen LogP contribution in [0.3, 0.4) is 0 Å².